The zero-order valence-corrected chi connectivity index (χ0v) is 19.9. The summed E-state index contributed by atoms with van der Waals surface area (Å²) in [6, 6.07) is 22.6. The number of fused-ring (bicyclic) bond motifs is 1. The van der Waals surface area contributed by atoms with Crippen LogP contribution in [-0.2, 0) is 23.0 Å². The van der Waals surface area contributed by atoms with E-state index in [1.807, 2.05) is 24.3 Å². The number of amides is 1. The largest absolute Gasteiger partial charge is 0.367 e. The molecule has 2 heterocycles. The Kier molecular flexibility index (Phi) is 6.39. The van der Waals surface area contributed by atoms with E-state index < -0.39 is 10.0 Å². The Morgan fingerprint density at radius 1 is 0.824 bits per heavy atom. The smallest absolute Gasteiger partial charge is 0.255 e. The number of nitrogens with one attached hydrogen (secondary N) is 1. The average molecular weight is 476 g/mol. The fraction of sp³-hybridized carbons (Fsp3) is 0.296. The summed E-state index contributed by atoms with van der Waals surface area (Å²) in [4.78, 5) is 15.3. The van der Waals surface area contributed by atoms with E-state index in [1.165, 1.54) is 11.3 Å². The summed E-state index contributed by atoms with van der Waals surface area (Å²) < 4.78 is 27.2. The molecule has 1 N–H and O–H groups in total. The molecule has 0 unspecified atom stereocenters. The summed E-state index contributed by atoms with van der Waals surface area (Å²) in [7, 11) is -3.48. The Morgan fingerprint density at radius 2 is 1.53 bits per heavy atom. The number of benzene rings is 3. The predicted octanol–water partition coefficient (Wildman–Crippen LogP) is 4.68. The Balaban J connectivity index is 1.21. The second kappa shape index (κ2) is 9.60. The maximum atomic E-state index is 12.8. The van der Waals surface area contributed by atoms with E-state index in [0.717, 1.165) is 44.3 Å². The van der Waals surface area contributed by atoms with E-state index in [0.29, 0.717) is 24.3 Å². The van der Waals surface area contributed by atoms with Crippen LogP contribution in [0.3, 0.4) is 0 Å². The number of anilines is 2. The van der Waals surface area contributed by atoms with Crippen molar-refractivity contribution in [3.05, 3.63) is 89.5 Å². The quantitative estimate of drug-likeness (QED) is 0.562. The summed E-state index contributed by atoms with van der Waals surface area (Å²) in [5, 5.41) is 2.86. The lowest BCUT2D eigenvalue weighted by Gasteiger charge is -2.25. The standard InChI is InChI=1S/C27H29N3O3S/c31-27(28-24-12-14-25(15-13-24)34(32,33)30-17-4-1-5-18-30)23-10-8-21(9-11-23)20-29-19-16-22-6-2-3-7-26(22)29/h2-3,6-15H,1,4-5,16-20H2,(H,28,31). The van der Waals surface area contributed by atoms with Gasteiger partial charge in [0.25, 0.3) is 5.91 Å². The van der Waals surface area contributed by atoms with Gasteiger partial charge in [-0.25, -0.2) is 8.42 Å². The molecule has 7 heteroatoms. The lowest BCUT2D eigenvalue weighted by molar-refractivity contribution is 0.102. The van der Waals surface area contributed by atoms with Gasteiger partial charge in [-0.3, -0.25) is 4.79 Å². The molecular formula is C27H29N3O3S. The molecule has 0 radical (unpaired) electrons. The fourth-order valence-corrected chi connectivity index (χ4v) is 6.24. The highest BCUT2D eigenvalue weighted by Gasteiger charge is 2.25. The van der Waals surface area contributed by atoms with Crippen molar-refractivity contribution in [2.45, 2.75) is 37.1 Å². The molecule has 1 amide bonds. The molecule has 0 atom stereocenters. The Morgan fingerprint density at radius 3 is 2.26 bits per heavy atom. The van der Waals surface area contributed by atoms with Gasteiger partial charge in [-0.05, 0) is 72.9 Å². The van der Waals surface area contributed by atoms with Crippen LogP contribution in [0.4, 0.5) is 11.4 Å². The molecule has 2 aliphatic rings. The highest BCUT2D eigenvalue weighted by molar-refractivity contribution is 7.89. The molecule has 2 aliphatic heterocycles. The number of hydrogen-bond acceptors (Lipinski definition) is 4. The number of nitrogens with zero attached hydrogens (tertiary/aromatic N) is 2. The van der Waals surface area contributed by atoms with Crippen LogP contribution in [0, 0.1) is 0 Å². The zero-order chi connectivity index (χ0) is 23.5. The molecule has 0 saturated carbocycles. The van der Waals surface area contributed by atoms with Gasteiger partial charge in [0, 0.05) is 43.1 Å². The number of para-hydroxylation sites is 1. The van der Waals surface area contributed by atoms with Crippen molar-refractivity contribution < 1.29 is 13.2 Å². The minimum atomic E-state index is -3.48. The maximum Gasteiger partial charge on any atom is 0.255 e. The van der Waals surface area contributed by atoms with Gasteiger partial charge in [-0.1, -0.05) is 36.8 Å². The number of sulfonamides is 1. The van der Waals surface area contributed by atoms with Crippen LogP contribution < -0.4 is 10.2 Å². The van der Waals surface area contributed by atoms with Gasteiger partial charge >= 0.3 is 0 Å². The fourth-order valence-electron chi connectivity index (χ4n) is 4.72. The molecule has 0 bridgehead atoms. The van der Waals surface area contributed by atoms with Gasteiger partial charge < -0.3 is 10.2 Å². The van der Waals surface area contributed by atoms with Crippen molar-refractivity contribution in [2.24, 2.45) is 0 Å². The van der Waals surface area contributed by atoms with E-state index in [9.17, 15) is 13.2 Å². The van der Waals surface area contributed by atoms with E-state index in [4.69, 9.17) is 0 Å². The van der Waals surface area contributed by atoms with Crippen LogP contribution in [0.25, 0.3) is 0 Å². The zero-order valence-electron chi connectivity index (χ0n) is 19.1. The third-order valence-electron chi connectivity index (χ3n) is 6.64. The van der Waals surface area contributed by atoms with Crippen LogP contribution >= 0.6 is 0 Å². The predicted molar refractivity (Wildman–Crippen MR) is 135 cm³/mol. The SMILES string of the molecule is O=C(Nc1ccc(S(=O)(=O)N2CCCCC2)cc1)c1ccc(CN2CCc3ccccc32)cc1. The molecule has 5 rings (SSSR count). The second-order valence-electron chi connectivity index (χ2n) is 8.94. The summed E-state index contributed by atoms with van der Waals surface area (Å²) in [6.07, 6.45) is 3.94. The molecule has 0 aromatic heterocycles. The number of carbonyl (C=O) groups is 1. The summed E-state index contributed by atoms with van der Waals surface area (Å²) >= 11 is 0. The third kappa shape index (κ3) is 4.72. The molecule has 0 aliphatic carbocycles. The van der Waals surface area contributed by atoms with Gasteiger partial charge in [0.05, 0.1) is 4.90 Å². The lowest BCUT2D eigenvalue weighted by Crippen LogP contribution is -2.35. The number of piperidine rings is 1. The highest BCUT2D eigenvalue weighted by atomic mass is 32.2. The maximum absolute atomic E-state index is 12.8. The Hall–Kier alpha value is -3.16. The van der Waals surface area contributed by atoms with E-state index in [1.54, 1.807) is 28.6 Å². The third-order valence-corrected chi connectivity index (χ3v) is 8.55. The van der Waals surface area contributed by atoms with Crippen LogP contribution in [-0.4, -0.2) is 38.3 Å². The van der Waals surface area contributed by atoms with Gasteiger partial charge in [-0.15, -0.1) is 0 Å². The molecule has 34 heavy (non-hydrogen) atoms. The Labute approximate surface area is 201 Å². The molecule has 3 aromatic rings. The summed E-state index contributed by atoms with van der Waals surface area (Å²) in [5.74, 6) is -0.218. The first-order chi connectivity index (χ1) is 16.5. The average Bonchev–Trinajstić information content (AvgIpc) is 3.28. The first-order valence-electron chi connectivity index (χ1n) is 11.8. The topological polar surface area (TPSA) is 69.7 Å². The minimum Gasteiger partial charge on any atom is -0.367 e. The van der Waals surface area contributed by atoms with Gasteiger partial charge in [0.15, 0.2) is 0 Å². The van der Waals surface area contributed by atoms with Crippen molar-refractivity contribution in [3.8, 4) is 0 Å². The molecule has 0 spiro atoms. The monoisotopic (exact) mass is 475 g/mol. The second-order valence-corrected chi connectivity index (χ2v) is 10.9. The van der Waals surface area contributed by atoms with Gasteiger partial charge in [-0.2, -0.15) is 4.31 Å². The van der Waals surface area contributed by atoms with Crippen LogP contribution in [0.2, 0.25) is 0 Å². The van der Waals surface area contributed by atoms with Gasteiger partial charge in [0.2, 0.25) is 10.0 Å². The molecule has 176 valence electrons. The van der Waals surface area contributed by atoms with Crippen LogP contribution in [0.15, 0.2) is 77.7 Å². The summed E-state index contributed by atoms with van der Waals surface area (Å²) in [5.41, 5.74) is 4.96. The number of hydrogen-bond donors (Lipinski definition) is 1. The minimum absolute atomic E-state index is 0.218. The molecular weight excluding hydrogens is 446 g/mol. The highest BCUT2D eigenvalue weighted by Crippen LogP contribution is 2.29. The van der Waals surface area contributed by atoms with Gasteiger partial charge in [0.1, 0.15) is 0 Å². The Bertz CT molecular complexity index is 1270. The summed E-state index contributed by atoms with van der Waals surface area (Å²) in [6.45, 7) is 2.96. The van der Waals surface area contributed by atoms with Crippen LogP contribution in [0.5, 0.6) is 0 Å². The molecule has 1 saturated heterocycles. The van der Waals surface area contributed by atoms with Crippen molar-refractivity contribution in [1.82, 2.24) is 4.31 Å². The van der Waals surface area contributed by atoms with E-state index >= 15 is 0 Å². The van der Waals surface area contributed by atoms with Crippen LogP contribution in [0.1, 0.15) is 40.7 Å². The van der Waals surface area contributed by atoms with E-state index in [-0.39, 0.29) is 10.8 Å². The van der Waals surface area contributed by atoms with Crippen molar-refractivity contribution in [1.29, 1.82) is 0 Å². The first-order valence-corrected chi connectivity index (χ1v) is 13.3. The van der Waals surface area contributed by atoms with Crippen molar-refractivity contribution in [2.75, 3.05) is 29.9 Å². The molecule has 1 fully saturated rings. The number of carbonyl (C=O) groups excluding carboxylic acids is 1. The molecule has 3 aromatic carbocycles. The normalized spacial score (nSPS) is 16.3. The first kappa shape index (κ1) is 22.6. The molecule has 6 nitrogen and oxygen atoms in total. The van der Waals surface area contributed by atoms with Crippen molar-refractivity contribution in [3.63, 3.8) is 0 Å². The number of rotatable bonds is 6. The lowest BCUT2D eigenvalue weighted by atomic mass is 10.1. The van der Waals surface area contributed by atoms with E-state index in [2.05, 4.69) is 34.5 Å². The van der Waals surface area contributed by atoms with Crippen molar-refractivity contribution >= 4 is 27.3 Å².